The highest BCUT2D eigenvalue weighted by molar-refractivity contribution is 5.90. The van der Waals surface area contributed by atoms with Crippen molar-refractivity contribution < 1.29 is 14.8 Å². The van der Waals surface area contributed by atoms with E-state index in [1.165, 1.54) is 18.2 Å². The number of carbonyl (C=O) groups is 1. The highest BCUT2D eigenvalue weighted by Gasteiger charge is 2.26. The standard InChI is InChI=1S/C13H16N2O4/c1-9-4-2-3-7-14(9)12-8-10(13(16)17)5-6-11(12)15(18)19/h5-6,8-9H,2-4,7H2,1H3,(H,16,17). The maximum Gasteiger partial charge on any atom is 0.335 e. The second kappa shape index (κ2) is 5.26. The van der Waals surface area contributed by atoms with Crippen molar-refractivity contribution in [2.45, 2.75) is 32.2 Å². The summed E-state index contributed by atoms with van der Waals surface area (Å²) in [5.74, 6) is -1.07. The molecule has 0 radical (unpaired) electrons. The van der Waals surface area contributed by atoms with E-state index in [-0.39, 0.29) is 17.3 Å². The van der Waals surface area contributed by atoms with Gasteiger partial charge in [-0.05, 0) is 38.3 Å². The van der Waals surface area contributed by atoms with Crippen LogP contribution in [0.3, 0.4) is 0 Å². The number of rotatable bonds is 3. The summed E-state index contributed by atoms with van der Waals surface area (Å²) in [5, 5.41) is 20.1. The Bertz CT molecular complexity index is 515. The summed E-state index contributed by atoms with van der Waals surface area (Å²) < 4.78 is 0. The predicted molar refractivity (Wildman–Crippen MR) is 70.7 cm³/mol. The number of carboxylic acid groups (broad SMARTS) is 1. The molecule has 1 aliphatic rings. The van der Waals surface area contributed by atoms with Crippen LogP contribution in [0.4, 0.5) is 11.4 Å². The summed E-state index contributed by atoms with van der Waals surface area (Å²) in [6, 6.07) is 4.15. The number of carboxylic acids is 1. The number of nitrogens with zero attached hydrogens (tertiary/aromatic N) is 2. The Kier molecular flexibility index (Phi) is 3.69. The molecule has 1 heterocycles. The van der Waals surface area contributed by atoms with Crippen molar-refractivity contribution in [2.24, 2.45) is 0 Å². The summed E-state index contributed by atoms with van der Waals surface area (Å²) in [7, 11) is 0. The summed E-state index contributed by atoms with van der Waals surface area (Å²) in [6.07, 6.45) is 3.04. The van der Waals surface area contributed by atoms with Gasteiger partial charge in [-0.1, -0.05) is 0 Å². The third-order valence-electron chi connectivity index (χ3n) is 3.53. The van der Waals surface area contributed by atoms with Crippen molar-refractivity contribution in [3.8, 4) is 0 Å². The molecule has 1 fully saturated rings. The molecule has 0 saturated carbocycles. The molecule has 1 aromatic rings. The summed E-state index contributed by atoms with van der Waals surface area (Å²) in [4.78, 5) is 23.6. The lowest BCUT2D eigenvalue weighted by atomic mass is 10.0. The summed E-state index contributed by atoms with van der Waals surface area (Å²) in [6.45, 7) is 2.74. The Morgan fingerprint density at radius 1 is 1.47 bits per heavy atom. The van der Waals surface area contributed by atoms with Crippen LogP contribution < -0.4 is 4.90 Å². The Morgan fingerprint density at radius 3 is 2.79 bits per heavy atom. The fourth-order valence-corrected chi connectivity index (χ4v) is 2.50. The molecule has 1 saturated heterocycles. The lowest BCUT2D eigenvalue weighted by Gasteiger charge is -2.35. The predicted octanol–water partition coefficient (Wildman–Crippen LogP) is 2.67. The van der Waals surface area contributed by atoms with E-state index in [1.807, 2.05) is 11.8 Å². The van der Waals surface area contributed by atoms with Gasteiger partial charge < -0.3 is 10.0 Å². The Balaban J connectivity index is 2.47. The van der Waals surface area contributed by atoms with E-state index in [0.29, 0.717) is 5.69 Å². The van der Waals surface area contributed by atoms with Gasteiger partial charge in [0.1, 0.15) is 5.69 Å². The average molecular weight is 264 g/mol. The largest absolute Gasteiger partial charge is 0.478 e. The van der Waals surface area contributed by atoms with E-state index in [9.17, 15) is 14.9 Å². The Hall–Kier alpha value is -2.11. The molecule has 1 unspecified atom stereocenters. The van der Waals surface area contributed by atoms with Crippen molar-refractivity contribution in [3.05, 3.63) is 33.9 Å². The smallest absolute Gasteiger partial charge is 0.335 e. The first-order chi connectivity index (χ1) is 9.00. The zero-order valence-corrected chi connectivity index (χ0v) is 10.7. The van der Waals surface area contributed by atoms with Crippen LogP contribution in [-0.4, -0.2) is 28.6 Å². The topological polar surface area (TPSA) is 83.7 Å². The van der Waals surface area contributed by atoms with Gasteiger partial charge in [-0.2, -0.15) is 0 Å². The van der Waals surface area contributed by atoms with Gasteiger partial charge in [-0.15, -0.1) is 0 Å². The zero-order chi connectivity index (χ0) is 14.0. The molecule has 0 amide bonds. The van der Waals surface area contributed by atoms with Gasteiger partial charge in [-0.25, -0.2) is 4.79 Å². The van der Waals surface area contributed by atoms with Gasteiger partial charge in [0.15, 0.2) is 0 Å². The third kappa shape index (κ3) is 2.67. The van der Waals surface area contributed by atoms with E-state index >= 15 is 0 Å². The van der Waals surface area contributed by atoms with Gasteiger partial charge in [0.05, 0.1) is 10.5 Å². The molecule has 102 valence electrons. The number of hydrogen-bond acceptors (Lipinski definition) is 4. The first kappa shape index (κ1) is 13.3. The van der Waals surface area contributed by atoms with Crippen molar-refractivity contribution in [1.29, 1.82) is 0 Å². The highest BCUT2D eigenvalue weighted by atomic mass is 16.6. The molecule has 2 rings (SSSR count). The molecule has 1 N–H and O–H groups in total. The van der Waals surface area contributed by atoms with Gasteiger partial charge in [0.25, 0.3) is 5.69 Å². The van der Waals surface area contributed by atoms with Crippen LogP contribution in [0, 0.1) is 10.1 Å². The molecule has 6 nitrogen and oxygen atoms in total. The van der Waals surface area contributed by atoms with Crippen LogP contribution in [0.5, 0.6) is 0 Å². The molecule has 19 heavy (non-hydrogen) atoms. The van der Waals surface area contributed by atoms with E-state index in [1.54, 1.807) is 0 Å². The molecule has 0 spiro atoms. The molecule has 1 aliphatic heterocycles. The number of hydrogen-bond donors (Lipinski definition) is 1. The van der Waals surface area contributed by atoms with Crippen LogP contribution in [0.25, 0.3) is 0 Å². The molecular formula is C13H16N2O4. The lowest BCUT2D eigenvalue weighted by molar-refractivity contribution is -0.384. The third-order valence-corrected chi connectivity index (χ3v) is 3.53. The monoisotopic (exact) mass is 264 g/mol. The van der Waals surface area contributed by atoms with Crippen LogP contribution >= 0.6 is 0 Å². The summed E-state index contributed by atoms with van der Waals surface area (Å²) in [5.41, 5.74) is 0.467. The van der Waals surface area contributed by atoms with Gasteiger partial charge in [-0.3, -0.25) is 10.1 Å². The minimum atomic E-state index is -1.07. The zero-order valence-electron chi connectivity index (χ0n) is 10.7. The fraction of sp³-hybridized carbons (Fsp3) is 0.462. The van der Waals surface area contributed by atoms with Gasteiger partial charge >= 0.3 is 5.97 Å². The van der Waals surface area contributed by atoms with E-state index in [0.717, 1.165) is 25.8 Å². The normalized spacial score (nSPS) is 19.2. The number of benzene rings is 1. The first-order valence-corrected chi connectivity index (χ1v) is 6.29. The Morgan fingerprint density at radius 2 is 2.21 bits per heavy atom. The molecule has 0 aromatic heterocycles. The number of nitro benzene ring substituents is 1. The number of piperidine rings is 1. The number of anilines is 1. The molecule has 1 atom stereocenters. The molecule has 6 heteroatoms. The quantitative estimate of drug-likeness (QED) is 0.670. The second-order valence-electron chi connectivity index (χ2n) is 4.80. The number of aromatic carboxylic acids is 1. The number of nitro groups is 1. The molecule has 0 aliphatic carbocycles. The minimum Gasteiger partial charge on any atom is -0.478 e. The van der Waals surface area contributed by atoms with E-state index in [2.05, 4.69) is 0 Å². The van der Waals surface area contributed by atoms with Crippen LogP contribution in [0.1, 0.15) is 36.5 Å². The second-order valence-corrected chi connectivity index (χ2v) is 4.80. The van der Waals surface area contributed by atoms with Crippen molar-refractivity contribution in [1.82, 2.24) is 0 Å². The molecule has 0 bridgehead atoms. The van der Waals surface area contributed by atoms with Crippen molar-refractivity contribution in [3.63, 3.8) is 0 Å². The van der Waals surface area contributed by atoms with Gasteiger partial charge in [0.2, 0.25) is 0 Å². The average Bonchev–Trinajstić information content (AvgIpc) is 2.38. The Labute approximate surface area is 110 Å². The maximum absolute atomic E-state index is 11.1. The highest BCUT2D eigenvalue weighted by Crippen LogP contribution is 2.33. The van der Waals surface area contributed by atoms with Crippen molar-refractivity contribution >= 4 is 17.3 Å². The van der Waals surface area contributed by atoms with Crippen LogP contribution in [0.15, 0.2) is 18.2 Å². The minimum absolute atomic E-state index is 0.0289. The molecule has 1 aromatic carbocycles. The van der Waals surface area contributed by atoms with Gasteiger partial charge in [0, 0.05) is 18.7 Å². The SMILES string of the molecule is CC1CCCCN1c1cc(C(=O)O)ccc1[N+](=O)[O-]. The van der Waals surface area contributed by atoms with Crippen molar-refractivity contribution in [2.75, 3.05) is 11.4 Å². The molecular weight excluding hydrogens is 248 g/mol. The van der Waals surface area contributed by atoms with Crippen LogP contribution in [0.2, 0.25) is 0 Å². The van der Waals surface area contributed by atoms with E-state index < -0.39 is 10.9 Å². The van der Waals surface area contributed by atoms with Crippen LogP contribution in [-0.2, 0) is 0 Å². The lowest BCUT2D eigenvalue weighted by Crippen LogP contribution is -2.37. The first-order valence-electron chi connectivity index (χ1n) is 6.29. The maximum atomic E-state index is 11.1. The summed E-state index contributed by atoms with van der Waals surface area (Å²) >= 11 is 0. The fourth-order valence-electron chi connectivity index (χ4n) is 2.50. The van der Waals surface area contributed by atoms with E-state index in [4.69, 9.17) is 5.11 Å².